The van der Waals surface area contributed by atoms with Crippen LogP contribution in [0.2, 0.25) is 0 Å². The number of ether oxygens (including phenoxy) is 8. The van der Waals surface area contributed by atoms with Gasteiger partial charge in [-0.2, -0.15) is 0 Å². The van der Waals surface area contributed by atoms with Gasteiger partial charge in [0.1, 0.15) is 24.4 Å². The highest BCUT2D eigenvalue weighted by atomic mass is 16.8. The van der Waals surface area contributed by atoms with Crippen LogP contribution in [-0.2, 0) is 47.5 Å². The van der Waals surface area contributed by atoms with Gasteiger partial charge in [0, 0.05) is 9.82 Å². The number of methoxy groups -OCH3 is 2. The van der Waals surface area contributed by atoms with Gasteiger partial charge in [-0.15, -0.1) is 0 Å². The quantitative estimate of drug-likeness (QED) is 0.0548. The second kappa shape index (κ2) is 18.4. The molecule has 16 nitrogen and oxygen atoms in total. The van der Waals surface area contributed by atoms with Crippen LogP contribution in [0.5, 0.6) is 0 Å². The Morgan fingerprint density at radius 2 is 1.06 bits per heavy atom. The van der Waals surface area contributed by atoms with Gasteiger partial charge in [-0.3, -0.25) is 9.59 Å². The van der Waals surface area contributed by atoms with E-state index in [9.17, 15) is 9.59 Å². The summed E-state index contributed by atoms with van der Waals surface area (Å²) in [7, 11) is 2.80. The molecule has 0 bridgehead atoms. The minimum atomic E-state index is -0.738. The third kappa shape index (κ3) is 11.7. The van der Waals surface area contributed by atoms with Crippen molar-refractivity contribution in [2.45, 2.75) is 153 Å². The summed E-state index contributed by atoms with van der Waals surface area (Å²) >= 11 is 0. The van der Waals surface area contributed by atoms with E-state index in [2.05, 4.69) is 33.9 Å². The average molecular weight is 683 g/mol. The van der Waals surface area contributed by atoms with Gasteiger partial charge in [-0.05, 0) is 63.4 Å². The van der Waals surface area contributed by atoms with Crippen LogP contribution in [0.1, 0.15) is 92.9 Å². The first-order chi connectivity index (χ1) is 22.8. The van der Waals surface area contributed by atoms with E-state index >= 15 is 0 Å². The van der Waals surface area contributed by atoms with E-state index in [-0.39, 0.29) is 85.7 Å². The van der Waals surface area contributed by atoms with Crippen LogP contribution in [0.15, 0.2) is 10.2 Å². The Balaban J connectivity index is 0.000000260. The van der Waals surface area contributed by atoms with Crippen LogP contribution >= 0.6 is 0 Å². The normalized spacial score (nSPS) is 32.0. The number of carbonyl (C=O) groups excluding carboxylic acids is 2. The van der Waals surface area contributed by atoms with E-state index in [0.29, 0.717) is 12.8 Å². The summed E-state index contributed by atoms with van der Waals surface area (Å²) in [5, 5.41) is 7.21. The Labute approximate surface area is 283 Å². The molecule has 16 heteroatoms. The lowest BCUT2D eigenvalue weighted by Crippen LogP contribution is -2.33. The van der Waals surface area contributed by atoms with E-state index in [1.165, 1.54) is 14.2 Å². The molecule has 0 aromatic rings. The van der Waals surface area contributed by atoms with Crippen molar-refractivity contribution in [1.29, 1.82) is 0 Å². The van der Waals surface area contributed by atoms with Crippen LogP contribution in [-0.4, -0.2) is 99.7 Å². The molecule has 4 unspecified atom stereocenters. The van der Waals surface area contributed by atoms with E-state index in [4.69, 9.17) is 49.0 Å². The molecule has 4 aliphatic heterocycles. The van der Waals surface area contributed by atoms with Gasteiger partial charge in [-0.25, -0.2) is 0 Å². The zero-order chi connectivity index (χ0) is 35.5. The minimum absolute atomic E-state index is 0.0493. The molecule has 4 aliphatic rings. The summed E-state index contributed by atoms with van der Waals surface area (Å²) in [4.78, 5) is 28.9. The molecule has 0 aliphatic carbocycles. The van der Waals surface area contributed by atoms with Gasteiger partial charge in [0.15, 0.2) is 11.6 Å². The molecular formula is C32H54N6O10. The van der Waals surface area contributed by atoms with Crippen molar-refractivity contribution in [3.05, 3.63) is 20.9 Å². The number of epoxide rings is 2. The maximum Gasteiger partial charge on any atom is 0.305 e. The van der Waals surface area contributed by atoms with Gasteiger partial charge in [0.25, 0.3) is 0 Å². The number of hydrogen-bond donors (Lipinski definition) is 0. The first kappa shape index (κ1) is 39.8. The van der Waals surface area contributed by atoms with Crippen molar-refractivity contribution in [1.82, 2.24) is 0 Å². The third-order valence-corrected chi connectivity index (χ3v) is 8.96. The van der Waals surface area contributed by atoms with Crippen molar-refractivity contribution in [2.24, 2.45) is 22.1 Å². The molecule has 4 fully saturated rings. The van der Waals surface area contributed by atoms with E-state index in [0.717, 1.165) is 38.5 Å². The summed E-state index contributed by atoms with van der Waals surface area (Å²) in [6.45, 7) is 12.0. The number of rotatable bonds is 18. The third-order valence-electron chi connectivity index (χ3n) is 8.96. The van der Waals surface area contributed by atoms with Gasteiger partial charge in [0.05, 0.1) is 64.6 Å². The van der Waals surface area contributed by atoms with E-state index in [1.807, 2.05) is 27.7 Å². The van der Waals surface area contributed by atoms with Crippen molar-refractivity contribution in [2.75, 3.05) is 27.3 Å². The lowest BCUT2D eigenvalue weighted by molar-refractivity contribution is -0.147. The first-order valence-corrected chi connectivity index (χ1v) is 17.0. The number of carbonyl (C=O) groups is 2. The molecular weight excluding hydrogens is 628 g/mol. The van der Waals surface area contributed by atoms with Gasteiger partial charge in [0.2, 0.25) is 0 Å². The second-order valence-corrected chi connectivity index (χ2v) is 13.6. The van der Waals surface area contributed by atoms with Crippen molar-refractivity contribution >= 4 is 11.9 Å². The summed E-state index contributed by atoms with van der Waals surface area (Å²) in [5.41, 5.74) is 17.1. The fourth-order valence-electron chi connectivity index (χ4n) is 6.65. The SMILES string of the molecule is CCCC[C@@H](CC(=O)OC)[C@@H]1OC1[C@@H]1OC(C)(C)OC1CN=[N+]=[N-].CCCC[C@@H](CC(=O)OC)[C@H]1OC1[C@@H]1OC(C)(C)OC1CN=[N+]=[N-]. The number of esters is 2. The molecule has 4 heterocycles. The zero-order valence-corrected chi connectivity index (χ0v) is 29.6. The highest BCUT2D eigenvalue weighted by molar-refractivity contribution is 5.70. The molecule has 272 valence electrons. The highest BCUT2D eigenvalue weighted by Gasteiger charge is 2.58. The van der Waals surface area contributed by atoms with E-state index in [1.54, 1.807) is 0 Å². The lowest BCUT2D eigenvalue weighted by atomic mass is 9.91. The number of unbranched alkanes of at least 4 members (excludes halogenated alkanes) is 2. The fourth-order valence-corrected chi connectivity index (χ4v) is 6.65. The van der Waals surface area contributed by atoms with Crippen LogP contribution in [0.3, 0.4) is 0 Å². The Bertz CT molecular complexity index is 1070. The first-order valence-electron chi connectivity index (χ1n) is 17.0. The molecule has 4 saturated heterocycles. The molecule has 0 aromatic carbocycles. The molecule has 0 spiro atoms. The fraction of sp³-hybridized carbons (Fsp3) is 0.938. The zero-order valence-electron chi connectivity index (χ0n) is 29.6. The summed E-state index contributed by atoms with van der Waals surface area (Å²) in [6.07, 6.45) is 5.04. The summed E-state index contributed by atoms with van der Waals surface area (Å²) in [5.74, 6) is -1.71. The standard InChI is InChI=1S/2C16H27N3O5/c2*1-5-6-7-10(8-12(20)21-4)13-15(22-13)14-11(9-18-19-17)23-16(2,3)24-14/h2*10-11,13-15H,5-9H2,1-4H3/t10-,11?,13+,14+,15?;10-,11?,13-,14+,15?/m00/s1. The number of nitrogens with zero attached hydrogens (tertiary/aromatic N) is 6. The van der Waals surface area contributed by atoms with Crippen LogP contribution in [0.4, 0.5) is 0 Å². The van der Waals surface area contributed by atoms with Crippen LogP contribution in [0.25, 0.3) is 20.9 Å². The monoisotopic (exact) mass is 682 g/mol. The molecule has 0 aromatic heterocycles. The predicted molar refractivity (Wildman–Crippen MR) is 172 cm³/mol. The molecule has 48 heavy (non-hydrogen) atoms. The Kier molecular flexibility index (Phi) is 15.2. The Morgan fingerprint density at radius 3 is 1.38 bits per heavy atom. The molecule has 0 amide bonds. The largest absolute Gasteiger partial charge is 0.469 e. The van der Waals surface area contributed by atoms with Crippen molar-refractivity contribution in [3.63, 3.8) is 0 Å². The highest BCUT2D eigenvalue weighted by Crippen LogP contribution is 2.45. The predicted octanol–water partition coefficient (Wildman–Crippen LogP) is 5.91. The molecule has 0 N–H and O–H groups in total. The maximum absolute atomic E-state index is 11.7. The molecule has 10 atom stereocenters. The topological polar surface area (TPSA) is 212 Å². The van der Waals surface area contributed by atoms with Crippen LogP contribution < -0.4 is 0 Å². The average Bonchev–Trinajstić information content (AvgIpc) is 3.96. The van der Waals surface area contributed by atoms with Crippen LogP contribution in [0, 0.1) is 11.8 Å². The van der Waals surface area contributed by atoms with Gasteiger partial charge < -0.3 is 37.9 Å². The van der Waals surface area contributed by atoms with Gasteiger partial charge in [-0.1, -0.05) is 49.8 Å². The lowest BCUT2D eigenvalue weighted by Gasteiger charge is -2.17. The Morgan fingerprint density at radius 1 is 0.688 bits per heavy atom. The minimum Gasteiger partial charge on any atom is -0.469 e. The number of azide groups is 2. The maximum atomic E-state index is 11.7. The second-order valence-electron chi connectivity index (χ2n) is 13.6. The van der Waals surface area contributed by atoms with Crippen molar-refractivity contribution in [3.8, 4) is 0 Å². The smallest absolute Gasteiger partial charge is 0.305 e. The van der Waals surface area contributed by atoms with Crippen molar-refractivity contribution < 1.29 is 47.5 Å². The molecule has 4 rings (SSSR count). The molecule has 0 radical (unpaired) electrons. The Hall–Kier alpha value is -2.68. The molecule has 0 saturated carbocycles. The van der Waals surface area contributed by atoms with Gasteiger partial charge >= 0.3 is 11.9 Å². The van der Waals surface area contributed by atoms with E-state index < -0.39 is 11.6 Å². The summed E-state index contributed by atoms with van der Waals surface area (Å²) in [6, 6.07) is 0. The summed E-state index contributed by atoms with van der Waals surface area (Å²) < 4.78 is 44.9. The number of hydrogen-bond acceptors (Lipinski definition) is 12.